The second-order valence-electron chi connectivity index (χ2n) is 4.32. The summed E-state index contributed by atoms with van der Waals surface area (Å²) in [6.07, 6.45) is 3.30. The number of benzene rings is 1. The summed E-state index contributed by atoms with van der Waals surface area (Å²) in [4.78, 5) is 23.4. The Bertz CT molecular complexity index is 470. The van der Waals surface area contributed by atoms with Crippen molar-refractivity contribution in [3.8, 4) is 0 Å². The van der Waals surface area contributed by atoms with Crippen LogP contribution in [-0.2, 0) is 19.1 Å². The Morgan fingerprint density at radius 3 is 2.79 bits per heavy atom. The number of hydrogen-bond donors (Lipinski definition) is 0. The van der Waals surface area contributed by atoms with Gasteiger partial charge in [-0.1, -0.05) is 42.5 Å². The molecule has 0 saturated carbocycles. The molecule has 0 spiro atoms. The zero-order valence-corrected chi connectivity index (χ0v) is 10.7. The first-order valence-corrected chi connectivity index (χ1v) is 6.18. The molecule has 1 aliphatic rings. The molecule has 1 aromatic rings. The van der Waals surface area contributed by atoms with Crippen molar-refractivity contribution in [2.24, 2.45) is 5.92 Å². The molecule has 4 nitrogen and oxygen atoms in total. The summed E-state index contributed by atoms with van der Waals surface area (Å²) in [5, 5.41) is 0. The molecule has 100 valence electrons. The Morgan fingerprint density at radius 2 is 2.11 bits per heavy atom. The highest BCUT2D eigenvalue weighted by Crippen LogP contribution is 2.21. The molecule has 0 N–H and O–H groups in total. The van der Waals surface area contributed by atoms with Crippen LogP contribution >= 0.6 is 0 Å². The van der Waals surface area contributed by atoms with Crippen molar-refractivity contribution in [1.29, 1.82) is 0 Å². The van der Waals surface area contributed by atoms with Crippen LogP contribution in [0.5, 0.6) is 0 Å². The van der Waals surface area contributed by atoms with Crippen molar-refractivity contribution in [2.75, 3.05) is 13.7 Å². The molecule has 1 fully saturated rings. The molecule has 4 heteroatoms. The van der Waals surface area contributed by atoms with Gasteiger partial charge in [0.1, 0.15) is 5.92 Å². The number of hydrogen-bond acceptors (Lipinski definition) is 4. The Balaban J connectivity index is 2.14. The molecule has 0 radical (unpaired) electrons. The molecule has 1 aliphatic heterocycles. The largest absolute Gasteiger partial charge is 0.468 e. The fourth-order valence-corrected chi connectivity index (χ4v) is 2.06. The Labute approximate surface area is 112 Å². The van der Waals surface area contributed by atoms with Crippen molar-refractivity contribution in [2.45, 2.75) is 12.5 Å². The summed E-state index contributed by atoms with van der Waals surface area (Å²) in [6.45, 7) is 0.343. The lowest BCUT2D eigenvalue weighted by molar-refractivity contribution is -0.158. The highest BCUT2D eigenvalue weighted by atomic mass is 16.5. The van der Waals surface area contributed by atoms with Gasteiger partial charge in [0.05, 0.1) is 19.8 Å². The molecular weight excluding hydrogens is 244 g/mol. The van der Waals surface area contributed by atoms with Crippen LogP contribution in [0.15, 0.2) is 36.4 Å². The normalized spacial score (nSPS) is 23.5. The molecule has 1 heterocycles. The Kier molecular flexibility index (Phi) is 4.47. The van der Waals surface area contributed by atoms with E-state index in [2.05, 4.69) is 4.74 Å². The number of ketones is 1. The lowest BCUT2D eigenvalue weighted by atomic mass is 9.92. The monoisotopic (exact) mass is 260 g/mol. The van der Waals surface area contributed by atoms with Crippen LogP contribution in [-0.4, -0.2) is 31.6 Å². The SMILES string of the molecule is COC(=O)[C@H]1C(=O)CCOC1/C=C/c1ccccc1. The molecular formula is C15H16O4. The highest BCUT2D eigenvalue weighted by Gasteiger charge is 2.37. The van der Waals surface area contributed by atoms with Gasteiger partial charge in [-0.3, -0.25) is 9.59 Å². The summed E-state index contributed by atoms with van der Waals surface area (Å²) in [5.41, 5.74) is 0.993. The van der Waals surface area contributed by atoms with E-state index < -0.39 is 18.0 Å². The number of methoxy groups -OCH3 is 1. The van der Waals surface area contributed by atoms with Crippen molar-refractivity contribution >= 4 is 17.8 Å². The molecule has 0 bridgehead atoms. The summed E-state index contributed by atoms with van der Waals surface area (Å²) in [5.74, 6) is -1.51. The van der Waals surface area contributed by atoms with Gasteiger partial charge in [-0.05, 0) is 5.56 Å². The maximum Gasteiger partial charge on any atom is 0.319 e. The third-order valence-corrected chi connectivity index (χ3v) is 3.07. The van der Waals surface area contributed by atoms with Crippen LogP contribution in [0.1, 0.15) is 12.0 Å². The fourth-order valence-electron chi connectivity index (χ4n) is 2.06. The van der Waals surface area contributed by atoms with Crippen LogP contribution in [0.4, 0.5) is 0 Å². The van der Waals surface area contributed by atoms with Crippen LogP contribution in [0.2, 0.25) is 0 Å². The lowest BCUT2D eigenvalue weighted by Crippen LogP contribution is -2.41. The fraction of sp³-hybridized carbons (Fsp3) is 0.333. The predicted octanol–water partition coefficient (Wildman–Crippen LogP) is 1.85. The van der Waals surface area contributed by atoms with Gasteiger partial charge in [0.15, 0.2) is 5.78 Å². The molecule has 1 aromatic carbocycles. The second-order valence-corrected chi connectivity index (χ2v) is 4.32. The van der Waals surface area contributed by atoms with E-state index in [0.717, 1.165) is 5.56 Å². The van der Waals surface area contributed by atoms with Gasteiger partial charge in [0, 0.05) is 6.42 Å². The van der Waals surface area contributed by atoms with Gasteiger partial charge in [-0.2, -0.15) is 0 Å². The number of rotatable bonds is 3. The second kappa shape index (κ2) is 6.29. The predicted molar refractivity (Wildman–Crippen MR) is 70.3 cm³/mol. The highest BCUT2D eigenvalue weighted by molar-refractivity contribution is 6.00. The van der Waals surface area contributed by atoms with Gasteiger partial charge < -0.3 is 9.47 Å². The van der Waals surface area contributed by atoms with Crippen LogP contribution in [0.3, 0.4) is 0 Å². The zero-order valence-electron chi connectivity index (χ0n) is 10.7. The standard InChI is InChI=1S/C15H16O4/c1-18-15(17)14-12(16)9-10-19-13(14)8-7-11-5-3-2-4-6-11/h2-8,13-14H,9-10H2,1H3/b8-7+/t13?,14-/m0/s1. The van der Waals surface area contributed by atoms with E-state index in [-0.39, 0.29) is 12.2 Å². The molecule has 0 aromatic heterocycles. The van der Waals surface area contributed by atoms with Gasteiger partial charge in [0.25, 0.3) is 0 Å². The summed E-state index contributed by atoms with van der Waals surface area (Å²) in [6, 6.07) is 9.65. The number of Topliss-reactive ketones (excluding diaryl/α,β-unsaturated/α-hetero) is 1. The van der Waals surface area contributed by atoms with Crippen LogP contribution < -0.4 is 0 Å². The molecule has 0 aliphatic carbocycles. The number of ether oxygens (including phenoxy) is 2. The van der Waals surface area contributed by atoms with Gasteiger partial charge in [0.2, 0.25) is 0 Å². The maximum absolute atomic E-state index is 11.8. The van der Waals surface area contributed by atoms with E-state index in [1.165, 1.54) is 7.11 Å². The molecule has 2 rings (SSSR count). The maximum atomic E-state index is 11.8. The third kappa shape index (κ3) is 3.29. The average Bonchev–Trinajstić information content (AvgIpc) is 2.45. The van der Waals surface area contributed by atoms with Gasteiger partial charge in [-0.15, -0.1) is 0 Å². The topological polar surface area (TPSA) is 52.6 Å². The molecule has 19 heavy (non-hydrogen) atoms. The van der Waals surface area contributed by atoms with E-state index in [9.17, 15) is 9.59 Å². The summed E-state index contributed by atoms with van der Waals surface area (Å²) < 4.78 is 10.2. The van der Waals surface area contributed by atoms with Crippen LogP contribution in [0, 0.1) is 5.92 Å². The summed E-state index contributed by atoms with van der Waals surface area (Å²) >= 11 is 0. The van der Waals surface area contributed by atoms with E-state index in [1.807, 2.05) is 36.4 Å². The first-order chi connectivity index (χ1) is 9.22. The van der Waals surface area contributed by atoms with Crippen molar-refractivity contribution in [3.63, 3.8) is 0 Å². The minimum Gasteiger partial charge on any atom is -0.468 e. The van der Waals surface area contributed by atoms with E-state index >= 15 is 0 Å². The molecule has 2 atom stereocenters. The van der Waals surface area contributed by atoms with Crippen molar-refractivity contribution < 1.29 is 19.1 Å². The van der Waals surface area contributed by atoms with E-state index in [4.69, 9.17) is 4.74 Å². The number of esters is 1. The number of carbonyl (C=O) groups is 2. The Morgan fingerprint density at radius 1 is 1.37 bits per heavy atom. The third-order valence-electron chi connectivity index (χ3n) is 3.07. The van der Waals surface area contributed by atoms with Gasteiger partial charge >= 0.3 is 5.97 Å². The minimum atomic E-state index is -0.848. The van der Waals surface area contributed by atoms with E-state index in [0.29, 0.717) is 6.61 Å². The quantitative estimate of drug-likeness (QED) is 0.614. The smallest absolute Gasteiger partial charge is 0.319 e. The molecule has 1 unspecified atom stereocenters. The minimum absolute atomic E-state index is 0.124. The lowest BCUT2D eigenvalue weighted by Gasteiger charge is -2.26. The van der Waals surface area contributed by atoms with Gasteiger partial charge in [-0.25, -0.2) is 0 Å². The van der Waals surface area contributed by atoms with Crippen LogP contribution in [0.25, 0.3) is 6.08 Å². The van der Waals surface area contributed by atoms with Crippen molar-refractivity contribution in [1.82, 2.24) is 0 Å². The first kappa shape index (κ1) is 13.5. The first-order valence-electron chi connectivity index (χ1n) is 6.18. The average molecular weight is 260 g/mol. The van der Waals surface area contributed by atoms with E-state index in [1.54, 1.807) is 6.08 Å². The Hall–Kier alpha value is -1.94. The zero-order chi connectivity index (χ0) is 13.7. The molecule has 1 saturated heterocycles. The summed E-state index contributed by atoms with van der Waals surface area (Å²) in [7, 11) is 1.28. The number of carbonyl (C=O) groups excluding carboxylic acids is 2. The molecule has 0 amide bonds. The van der Waals surface area contributed by atoms with Crippen molar-refractivity contribution in [3.05, 3.63) is 42.0 Å².